The lowest BCUT2D eigenvalue weighted by Gasteiger charge is -2.23. The molecule has 0 aliphatic carbocycles. The van der Waals surface area contributed by atoms with Gasteiger partial charge in [0.1, 0.15) is 17.6 Å². The molecule has 5 rings (SSSR count). The number of para-hydroxylation sites is 1. The largest absolute Gasteiger partial charge is 0.357 e. The van der Waals surface area contributed by atoms with E-state index in [1.165, 1.54) is 16.6 Å². The van der Waals surface area contributed by atoms with Crippen LogP contribution in [0.25, 0.3) is 10.9 Å². The molecule has 7 nitrogen and oxygen atoms in total. The maximum absolute atomic E-state index is 8.84. The summed E-state index contributed by atoms with van der Waals surface area (Å²) in [6.45, 7) is 1.93. The van der Waals surface area contributed by atoms with Gasteiger partial charge in [0.2, 0.25) is 0 Å². The van der Waals surface area contributed by atoms with Crippen LogP contribution in [0.2, 0.25) is 0 Å². The Morgan fingerprint density at radius 2 is 2.03 bits per heavy atom. The van der Waals surface area contributed by atoms with Gasteiger partial charge in [0.15, 0.2) is 0 Å². The van der Waals surface area contributed by atoms with Crippen LogP contribution in [0.4, 0.5) is 11.5 Å². The van der Waals surface area contributed by atoms with E-state index in [4.69, 9.17) is 5.26 Å². The first-order valence-electron chi connectivity index (χ1n) is 10.0. The Labute approximate surface area is 174 Å². The van der Waals surface area contributed by atoms with Crippen LogP contribution < -0.4 is 5.32 Å². The predicted octanol–water partition coefficient (Wildman–Crippen LogP) is 4.31. The fourth-order valence-electron chi connectivity index (χ4n) is 4.04. The first kappa shape index (κ1) is 18.3. The highest BCUT2D eigenvalue weighted by molar-refractivity contribution is 5.80. The van der Waals surface area contributed by atoms with Crippen molar-refractivity contribution >= 4 is 22.4 Å². The van der Waals surface area contributed by atoms with Gasteiger partial charge in [-0.2, -0.15) is 5.26 Å². The molecular formula is C23H21N7. The number of hydrogen-bond donors (Lipinski definition) is 2. The summed E-state index contributed by atoms with van der Waals surface area (Å²) in [4.78, 5) is 19.3. The molecule has 2 N–H and O–H groups in total. The second-order valence-corrected chi connectivity index (χ2v) is 7.51. The van der Waals surface area contributed by atoms with E-state index in [0.29, 0.717) is 11.5 Å². The third-order valence-corrected chi connectivity index (χ3v) is 5.49. The number of nitrogens with zero attached hydrogens (tertiary/aromatic N) is 5. The minimum atomic E-state index is 0.273. The minimum absolute atomic E-state index is 0.273. The predicted molar refractivity (Wildman–Crippen MR) is 115 cm³/mol. The Morgan fingerprint density at radius 1 is 1.10 bits per heavy atom. The first-order valence-corrected chi connectivity index (χ1v) is 10.0. The van der Waals surface area contributed by atoms with Gasteiger partial charge in [0, 0.05) is 17.8 Å². The molecule has 1 aliphatic heterocycles. The van der Waals surface area contributed by atoms with Crippen LogP contribution in [0.3, 0.4) is 0 Å². The maximum Gasteiger partial charge on any atom is 0.148 e. The van der Waals surface area contributed by atoms with E-state index < -0.39 is 0 Å². The summed E-state index contributed by atoms with van der Waals surface area (Å²) in [5.74, 6) is 0.658. The number of rotatable bonds is 5. The van der Waals surface area contributed by atoms with Gasteiger partial charge in [-0.1, -0.05) is 18.2 Å². The summed E-state index contributed by atoms with van der Waals surface area (Å²) < 4.78 is 0. The third-order valence-electron chi connectivity index (χ3n) is 5.49. The molecule has 4 aromatic rings. The highest BCUT2D eigenvalue weighted by Crippen LogP contribution is 2.32. The summed E-state index contributed by atoms with van der Waals surface area (Å²) >= 11 is 0. The maximum atomic E-state index is 8.84. The topological polar surface area (TPSA) is 93.5 Å². The number of likely N-dealkylation sites (tertiary alicyclic amines) is 1. The fraction of sp³-hybridized carbons (Fsp3) is 0.217. The number of benzene rings is 1. The van der Waals surface area contributed by atoms with Gasteiger partial charge in [-0.05, 0) is 49.0 Å². The highest BCUT2D eigenvalue weighted by Gasteiger charge is 2.27. The summed E-state index contributed by atoms with van der Waals surface area (Å²) in [5, 5.41) is 13.3. The van der Waals surface area contributed by atoms with Gasteiger partial charge >= 0.3 is 0 Å². The molecule has 0 unspecified atom stereocenters. The molecule has 1 fully saturated rings. The Kier molecular flexibility index (Phi) is 4.83. The SMILES string of the molecule is N#Cc1ccc(Nc2cnc([C@H]3CCCN3Cc3cc4ccccc4[nH]3)cn2)cn1. The Morgan fingerprint density at radius 3 is 2.80 bits per heavy atom. The summed E-state index contributed by atoms with van der Waals surface area (Å²) in [5.41, 5.74) is 4.56. The van der Waals surface area contributed by atoms with Crippen LogP contribution in [0.1, 0.15) is 36.0 Å². The van der Waals surface area contributed by atoms with Crippen molar-refractivity contribution in [2.45, 2.75) is 25.4 Å². The van der Waals surface area contributed by atoms with Gasteiger partial charge in [0.05, 0.1) is 36.0 Å². The average molecular weight is 395 g/mol. The van der Waals surface area contributed by atoms with Crippen molar-refractivity contribution in [3.05, 3.63) is 78.1 Å². The van der Waals surface area contributed by atoms with Crippen molar-refractivity contribution in [2.75, 3.05) is 11.9 Å². The van der Waals surface area contributed by atoms with E-state index in [-0.39, 0.29) is 6.04 Å². The molecule has 0 spiro atoms. The van der Waals surface area contributed by atoms with E-state index >= 15 is 0 Å². The molecule has 1 aromatic carbocycles. The molecule has 1 aliphatic rings. The van der Waals surface area contributed by atoms with Crippen molar-refractivity contribution in [1.82, 2.24) is 24.8 Å². The Hall–Kier alpha value is -3.76. The van der Waals surface area contributed by atoms with Crippen molar-refractivity contribution in [1.29, 1.82) is 5.26 Å². The Balaban J connectivity index is 1.28. The normalized spacial score (nSPS) is 16.6. The number of pyridine rings is 1. The fourth-order valence-corrected chi connectivity index (χ4v) is 4.04. The van der Waals surface area contributed by atoms with Gasteiger partial charge in [0.25, 0.3) is 0 Å². The second kappa shape index (κ2) is 7.93. The van der Waals surface area contributed by atoms with E-state index in [1.807, 2.05) is 12.3 Å². The molecule has 30 heavy (non-hydrogen) atoms. The third kappa shape index (κ3) is 3.73. The molecule has 0 amide bonds. The van der Waals surface area contributed by atoms with E-state index in [9.17, 15) is 0 Å². The van der Waals surface area contributed by atoms with Gasteiger partial charge in [-0.3, -0.25) is 9.88 Å². The molecule has 148 valence electrons. The second-order valence-electron chi connectivity index (χ2n) is 7.51. The van der Waals surface area contributed by atoms with Gasteiger partial charge in [-0.25, -0.2) is 9.97 Å². The number of aromatic amines is 1. The average Bonchev–Trinajstić information content (AvgIpc) is 3.41. The standard InChI is InChI=1S/C23H21N7/c24-11-17-7-8-18(12-25-17)29-23-14-26-21(13-27-23)22-6-3-9-30(22)15-19-10-16-4-1-2-5-20(16)28-19/h1-2,4-5,7-8,10,12-14,22,28H,3,6,9,15H2,(H,27,29)/t22-/m1/s1. The zero-order valence-electron chi connectivity index (χ0n) is 16.4. The molecule has 1 saturated heterocycles. The minimum Gasteiger partial charge on any atom is -0.357 e. The van der Waals surface area contributed by atoms with Gasteiger partial charge in [-0.15, -0.1) is 0 Å². The molecule has 0 bridgehead atoms. The van der Waals surface area contributed by atoms with Crippen LogP contribution >= 0.6 is 0 Å². The summed E-state index contributed by atoms with van der Waals surface area (Å²) in [6.07, 6.45) is 7.47. The van der Waals surface area contributed by atoms with Crippen LogP contribution in [0.15, 0.2) is 61.1 Å². The Bertz CT molecular complexity index is 1160. The van der Waals surface area contributed by atoms with Crippen molar-refractivity contribution in [3.63, 3.8) is 0 Å². The monoisotopic (exact) mass is 395 g/mol. The van der Waals surface area contributed by atoms with Crippen LogP contribution in [-0.2, 0) is 6.54 Å². The van der Waals surface area contributed by atoms with Crippen molar-refractivity contribution in [2.24, 2.45) is 0 Å². The number of fused-ring (bicyclic) bond motifs is 1. The molecule has 4 heterocycles. The highest BCUT2D eigenvalue weighted by atomic mass is 15.2. The summed E-state index contributed by atoms with van der Waals surface area (Å²) in [7, 11) is 0. The van der Waals surface area contributed by atoms with Crippen molar-refractivity contribution in [3.8, 4) is 6.07 Å². The smallest absolute Gasteiger partial charge is 0.148 e. The van der Waals surface area contributed by atoms with Gasteiger partial charge < -0.3 is 10.3 Å². The zero-order valence-corrected chi connectivity index (χ0v) is 16.4. The first-order chi connectivity index (χ1) is 14.8. The number of H-pyrrole nitrogens is 1. The lowest BCUT2D eigenvalue weighted by molar-refractivity contribution is 0.241. The quantitative estimate of drug-likeness (QED) is 0.523. The molecular weight excluding hydrogens is 374 g/mol. The molecule has 7 heteroatoms. The zero-order chi connectivity index (χ0) is 20.3. The lowest BCUT2D eigenvalue weighted by atomic mass is 10.1. The number of nitriles is 1. The number of anilines is 2. The number of nitrogens with one attached hydrogen (secondary N) is 2. The van der Waals surface area contributed by atoms with Crippen LogP contribution in [0.5, 0.6) is 0 Å². The number of aromatic nitrogens is 4. The van der Waals surface area contributed by atoms with Crippen LogP contribution in [0, 0.1) is 11.3 Å². The molecule has 3 aromatic heterocycles. The lowest BCUT2D eigenvalue weighted by Crippen LogP contribution is -2.23. The van der Waals surface area contributed by atoms with E-state index in [1.54, 1.807) is 24.5 Å². The molecule has 0 saturated carbocycles. The molecule has 1 atom stereocenters. The number of hydrogen-bond acceptors (Lipinski definition) is 6. The van der Waals surface area contributed by atoms with Crippen molar-refractivity contribution < 1.29 is 0 Å². The van der Waals surface area contributed by atoms with E-state index in [2.05, 4.69) is 60.5 Å². The van der Waals surface area contributed by atoms with Crippen LogP contribution in [-0.4, -0.2) is 31.4 Å². The molecule has 0 radical (unpaired) electrons. The summed E-state index contributed by atoms with van der Waals surface area (Å²) in [6, 6.07) is 16.4. The van der Waals surface area contributed by atoms with E-state index in [0.717, 1.165) is 37.3 Å².